The molecular weight excluding hydrogens is 372 g/mol. The summed E-state index contributed by atoms with van der Waals surface area (Å²) in [5, 5.41) is 5.20. The van der Waals surface area contributed by atoms with Crippen LogP contribution in [0.5, 0.6) is 0 Å². The number of sulfonamides is 1. The van der Waals surface area contributed by atoms with Crippen molar-refractivity contribution in [3.8, 4) is 0 Å². The van der Waals surface area contributed by atoms with E-state index in [0.717, 1.165) is 15.8 Å². The molecule has 2 N–H and O–H groups in total. The summed E-state index contributed by atoms with van der Waals surface area (Å²) >= 11 is 5.03. The van der Waals surface area contributed by atoms with Gasteiger partial charge in [0.25, 0.3) is 0 Å². The summed E-state index contributed by atoms with van der Waals surface area (Å²) in [4.78, 5) is 1.42. The highest BCUT2D eigenvalue weighted by Gasteiger charge is 2.17. The summed E-state index contributed by atoms with van der Waals surface area (Å²) in [5.41, 5.74) is 0.616. The molecule has 0 fully saturated rings. The molecule has 1 heterocycles. The number of hydrogen-bond donors (Lipinski definition) is 2. The second kappa shape index (κ2) is 7.40. The van der Waals surface area contributed by atoms with Crippen LogP contribution in [-0.4, -0.2) is 15.0 Å². The minimum Gasteiger partial charge on any atom is -0.379 e. The molecule has 0 saturated carbocycles. The van der Waals surface area contributed by atoms with Crippen LogP contribution in [0.1, 0.15) is 18.2 Å². The minimum atomic E-state index is -3.47. The molecule has 2 aromatic rings. The first-order valence-electron chi connectivity index (χ1n) is 6.58. The van der Waals surface area contributed by atoms with Gasteiger partial charge in [0, 0.05) is 27.8 Å². The number of thiophene rings is 1. The molecule has 0 saturated heterocycles. The number of hydrogen-bond acceptors (Lipinski definition) is 4. The van der Waals surface area contributed by atoms with Gasteiger partial charge >= 0.3 is 0 Å². The van der Waals surface area contributed by atoms with Gasteiger partial charge in [-0.05, 0) is 40.5 Å². The monoisotopic (exact) mass is 388 g/mol. The molecule has 7 heteroatoms. The quantitative estimate of drug-likeness (QED) is 0.757. The third kappa shape index (κ3) is 4.54. The van der Waals surface area contributed by atoms with Crippen LogP contribution in [-0.2, 0) is 16.6 Å². The molecule has 2 rings (SSSR count). The molecule has 21 heavy (non-hydrogen) atoms. The number of para-hydroxylation sites is 1. The largest absolute Gasteiger partial charge is 0.379 e. The van der Waals surface area contributed by atoms with E-state index in [9.17, 15) is 8.42 Å². The van der Waals surface area contributed by atoms with Crippen LogP contribution < -0.4 is 10.0 Å². The molecule has 0 atom stereocenters. The van der Waals surface area contributed by atoms with Gasteiger partial charge in [-0.3, -0.25) is 0 Å². The van der Waals surface area contributed by atoms with Gasteiger partial charge in [-0.15, -0.1) is 11.3 Å². The topological polar surface area (TPSA) is 58.2 Å². The Morgan fingerprint density at radius 1 is 1.29 bits per heavy atom. The Hall–Kier alpha value is -0.890. The van der Waals surface area contributed by atoms with E-state index >= 15 is 0 Å². The minimum absolute atomic E-state index is 0.286. The molecule has 0 radical (unpaired) electrons. The van der Waals surface area contributed by atoms with E-state index in [0.29, 0.717) is 18.8 Å². The number of halogens is 1. The Balaban J connectivity index is 2.16. The van der Waals surface area contributed by atoms with E-state index in [1.165, 1.54) is 0 Å². The zero-order chi connectivity index (χ0) is 15.3. The molecule has 0 aliphatic rings. The molecule has 0 aliphatic heterocycles. The molecular formula is C14H17BrN2O2S2. The number of rotatable bonds is 7. The molecule has 0 amide bonds. The Kier molecular flexibility index (Phi) is 5.80. The molecule has 1 aromatic carbocycles. The molecule has 4 nitrogen and oxygen atoms in total. The third-order valence-electron chi connectivity index (χ3n) is 2.79. The van der Waals surface area contributed by atoms with Gasteiger partial charge in [-0.25, -0.2) is 13.1 Å². The van der Waals surface area contributed by atoms with Crippen molar-refractivity contribution in [1.82, 2.24) is 4.72 Å². The number of anilines is 1. The zero-order valence-electron chi connectivity index (χ0n) is 11.6. The van der Waals surface area contributed by atoms with E-state index in [-0.39, 0.29) is 4.90 Å². The maximum atomic E-state index is 12.3. The summed E-state index contributed by atoms with van der Waals surface area (Å²) < 4.78 is 28.2. The zero-order valence-corrected chi connectivity index (χ0v) is 14.8. The fraction of sp³-hybridized carbons (Fsp3) is 0.286. The van der Waals surface area contributed by atoms with Crippen LogP contribution in [0.4, 0.5) is 5.69 Å². The molecule has 0 bridgehead atoms. The van der Waals surface area contributed by atoms with Crippen molar-refractivity contribution >= 4 is 43.0 Å². The summed E-state index contributed by atoms with van der Waals surface area (Å²) in [6, 6.07) is 8.97. The van der Waals surface area contributed by atoms with Crippen molar-refractivity contribution in [2.24, 2.45) is 0 Å². The van der Waals surface area contributed by atoms with Crippen molar-refractivity contribution in [2.75, 3.05) is 11.9 Å². The van der Waals surface area contributed by atoms with Crippen LogP contribution in [0.3, 0.4) is 0 Å². The maximum Gasteiger partial charge on any atom is 0.242 e. The van der Waals surface area contributed by atoms with Crippen molar-refractivity contribution in [3.63, 3.8) is 0 Å². The van der Waals surface area contributed by atoms with E-state index in [1.807, 2.05) is 24.4 Å². The van der Waals surface area contributed by atoms with E-state index in [2.05, 4.69) is 26.0 Å². The van der Waals surface area contributed by atoms with Crippen LogP contribution >= 0.6 is 27.3 Å². The smallest absolute Gasteiger partial charge is 0.242 e. The summed E-state index contributed by atoms with van der Waals surface area (Å²) in [5.74, 6) is 0. The third-order valence-corrected chi connectivity index (χ3v) is 6.01. The van der Waals surface area contributed by atoms with Gasteiger partial charge in [-0.2, -0.15) is 0 Å². The average Bonchev–Trinajstić information content (AvgIpc) is 2.89. The molecule has 1 aromatic heterocycles. The molecule has 0 unspecified atom stereocenters. The van der Waals surface area contributed by atoms with Crippen LogP contribution in [0.15, 0.2) is 45.1 Å². The first-order chi connectivity index (χ1) is 10.0. The van der Waals surface area contributed by atoms with Crippen molar-refractivity contribution in [1.29, 1.82) is 0 Å². The second-order valence-electron chi connectivity index (χ2n) is 4.48. The Morgan fingerprint density at radius 2 is 2.05 bits per heavy atom. The van der Waals surface area contributed by atoms with Crippen molar-refractivity contribution in [2.45, 2.75) is 24.8 Å². The molecule has 114 valence electrons. The normalized spacial score (nSPS) is 11.5. The second-order valence-corrected chi connectivity index (χ2v) is 8.13. The summed E-state index contributed by atoms with van der Waals surface area (Å²) in [6.45, 7) is 2.96. The van der Waals surface area contributed by atoms with E-state index in [4.69, 9.17) is 0 Å². The standard InChI is InChI=1S/C14H17BrN2O2S2/c1-2-7-17-21(18,19)14-6-4-3-5-13(14)16-9-12-8-11(15)10-20-12/h3-6,8,10,16-17H,2,7,9H2,1H3. The Labute approximate surface area is 137 Å². The fourth-order valence-corrected chi connectivity index (χ4v) is 4.50. The molecule has 0 spiro atoms. The average molecular weight is 389 g/mol. The van der Waals surface area contributed by atoms with Gasteiger partial charge < -0.3 is 5.32 Å². The Bertz CT molecular complexity index is 699. The number of benzene rings is 1. The van der Waals surface area contributed by atoms with E-state index < -0.39 is 10.0 Å². The lowest BCUT2D eigenvalue weighted by atomic mass is 10.3. The summed E-state index contributed by atoms with van der Waals surface area (Å²) in [7, 11) is -3.47. The lowest BCUT2D eigenvalue weighted by molar-refractivity contribution is 0.581. The highest BCUT2D eigenvalue weighted by atomic mass is 79.9. The Morgan fingerprint density at radius 3 is 2.71 bits per heavy atom. The van der Waals surface area contributed by atoms with Gasteiger partial charge in [-0.1, -0.05) is 19.1 Å². The lowest BCUT2D eigenvalue weighted by Gasteiger charge is -2.12. The molecule has 0 aliphatic carbocycles. The summed E-state index contributed by atoms with van der Waals surface area (Å²) in [6.07, 6.45) is 0.762. The van der Waals surface area contributed by atoms with Crippen LogP contribution in [0.25, 0.3) is 0 Å². The lowest BCUT2D eigenvalue weighted by Crippen LogP contribution is -2.25. The predicted octanol–water partition coefficient (Wildman–Crippen LogP) is 3.81. The van der Waals surface area contributed by atoms with Gasteiger partial charge in [0.15, 0.2) is 0 Å². The van der Waals surface area contributed by atoms with Crippen LogP contribution in [0, 0.1) is 0 Å². The fourth-order valence-electron chi connectivity index (χ4n) is 1.79. The number of nitrogens with one attached hydrogen (secondary N) is 2. The highest BCUT2D eigenvalue weighted by molar-refractivity contribution is 9.10. The SMILES string of the molecule is CCCNS(=O)(=O)c1ccccc1NCc1cc(Br)cs1. The van der Waals surface area contributed by atoms with Crippen molar-refractivity contribution < 1.29 is 8.42 Å². The highest BCUT2D eigenvalue weighted by Crippen LogP contribution is 2.24. The van der Waals surface area contributed by atoms with Gasteiger partial charge in [0.1, 0.15) is 4.90 Å². The predicted molar refractivity (Wildman–Crippen MR) is 91.3 cm³/mol. The van der Waals surface area contributed by atoms with Gasteiger partial charge in [0.2, 0.25) is 10.0 Å². The first kappa shape index (κ1) is 16.5. The van der Waals surface area contributed by atoms with Crippen molar-refractivity contribution in [3.05, 3.63) is 45.1 Å². The first-order valence-corrected chi connectivity index (χ1v) is 9.74. The van der Waals surface area contributed by atoms with Crippen LogP contribution in [0.2, 0.25) is 0 Å². The van der Waals surface area contributed by atoms with E-state index in [1.54, 1.807) is 29.5 Å². The van der Waals surface area contributed by atoms with Gasteiger partial charge in [0.05, 0.1) is 5.69 Å². The maximum absolute atomic E-state index is 12.3.